The summed E-state index contributed by atoms with van der Waals surface area (Å²) < 4.78 is 29.8. The van der Waals surface area contributed by atoms with E-state index in [0.717, 1.165) is 12.8 Å². The molecule has 0 aliphatic heterocycles. The molecule has 6 heteroatoms. The minimum absolute atomic E-state index is 0.0862. The molecule has 1 aliphatic rings. The van der Waals surface area contributed by atoms with Crippen molar-refractivity contribution in [3.8, 4) is 17.2 Å². The monoisotopic (exact) mass is 298 g/mol. The van der Waals surface area contributed by atoms with Gasteiger partial charge < -0.3 is 19.3 Å². The van der Waals surface area contributed by atoms with E-state index in [4.69, 9.17) is 14.2 Å². The highest BCUT2D eigenvalue weighted by atomic mass is 19.1. The lowest BCUT2D eigenvalue weighted by atomic mass is 9.78. The lowest BCUT2D eigenvalue weighted by Gasteiger charge is -2.27. The standard InChI is InChI=1S/C15H19FO5/c1-19-10-8-9(12(20-2)11(16)13(10)21-3)15(14(17)18)6-4-5-7-15/h8H,4-7H2,1-3H3,(H,17,18). The van der Waals surface area contributed by atoms with E-state index in [0.29, 0.717) is 18.4 Å². The summed E-state index contributed by atoms with van der Waals surface area (Å²) in [5.41, 5.74) is -0.823. The van der Waals surface area contributed by atoms with Crippen LogP contribution >= 0.6 is 0 Å². The lowest BCUT2D eigenvalue weighted by Crippen LogP contribution is -2.33. The number of carboxylic acids is 1. The maximum absolute atomic E-state index is 14.5. The van der Waals surface area contributed by atoms with Crippen molar-refractivity contribution in [3.63, 3.8) is 0 Å². The van der Waals surface area contributed by atoms with Gasteiger partial charge in [-0.3, -0.25) is 4.79 Å². The van der Waals surface area contributed by atoms with E-state index in [1.54, 1.807) is 0 Å². The Morgan fingerprint density at radius 3 is 2.14 bits per heavy atom. The van der Waals surface area contributed by atoms with Crippen molar-refractivity contribution >= 4 is 5.97 Å². The van der Waals surface area contributed by atoms with Gasteiger partial charge in [0, 0.05) is 5.56 Å². The number of carbonyl (C=O) groups is 1. The van der Waals surface area contributed by atoms with Crippen LogP contribution in [0.1, 0.15) is 31.2 Å². The van der Waals surface area contributed by atoms with E-state index in [1.807, 2.05) is 0 Å². The molecular weight excluding hydrogens is 279 g/mol. The number of hydrogen-bond donors (Lipinski definition) is 1. The topological polar surface area (TPSA) is 65.0 Å². The highest BCUT2D eigenvalue weighted by Gasteiger charge is 2.46. The van der Waals surface area contributed by atoms with E-state index >= 15 is 0 Å². The van der Waals surface area contributed by atoms with Crippen LogP contribution < -0.4 is 14.2 Å². The molecule has 0 unspecified atom stereocenters. The lowest BCUT2D eigenvalue weighted by molar-refractivity contribution is -0.143. The third kappa shape index (κ3) is 2.28. The molecule has 0 saturated heterocycles. The van der Waals surface area contributed by atoms with E-state index in [-0.39, 0.29) is 17.2 Å². The normalized spacial score (nSPS) is 16.6. The molecule has 1 N–H and O–H groups in total. The summed E-state index contributed by atoms with van der Waals surface area (Å²) in [4.78, 5) is 11.8. The van der Waals surface area contributed by atoms with Crippen molar-refractivity contribution in [2.24, 2.45) is 0 Å². The zero-order valence-electron chi connectivity index (χ0n) is 12.4. The summed E-state index contributed by atoms with van der Waals surface area (Å²) in [5, 5.41) is 9.67. The molecule has 2 rings (SSSR count). The third-order valence-electron chi connectivity index (χ3n) is 4.15. The fraction of sp³-hybridized carbons (Fsp3) is 0.533. The van der Waals surface area contributed by atoms with Gasteiger partial charge in [-0.1, -0.05) is 12.8 Å². The van der Waals surface area contributed by atoms with Crippen LogP contribution in [-0.2, 0) is 10.2 Å². The van der Waals surface area contributed by atoms with Gasteiger partial charge in [0.1, 0.15) is 0 Å². The van der Waals surface area contributed by atoms with Crippen LogP contribution in [-0.4, -0.2) is 32.4 Å². The molecular formula is C15H19FO5. The zero-order valence-corrected chi connectivity index (χ0v) is 12.4. The molecule has 1 aromatic rings. The molecule has 0 atom stereocenters. The van der Waals surface area contributed by atoms with Gasteiger partial charge in [0.05, 0.1) is 26.7 Å². The highest BCUT2D eigenvalue weighted by Crippen LogP contribution is 2.49. The Bertz CT molecular complexity index is 549. The molecule has 116 valence electrons. The predicted molar refractivity (Wildman–Crippen MR) is 73.8 cm³/mol. The molecule has 0 bridgehead atoms. The number of benzene rings is 1. The molecule has 0 spiro atoms. The van der Waals surface area contributed by atoms with Gasteiger partial charge in [-0.25, -0.2) is 0 Å². The smallest absolute Gasteiger partial charge is 0.314 e. The number of halogens is 1. The van der Waals surface area contributed by atoms with Crippen LogP contribution in [0, 0.1) is 5.82 Å². The Balaban J connectivity index is 2.73. The molecule has 0 aromatic heterocycles. The van der Waals surface area contributed by atoms with E-state index in [9.17, 15) is 14.3 Å². The molecule has 0 amide bonds. The average Bonchev–Trinajstić information content (AvgIpc) is 2.96. The maximum Gasteiger partial charge on any atom is 0.314 e. The maximum atomic E-state index is 14.5. The van der Waals surface area contributed by atoms with Gasteiger partial charge in [0.2, 0.25) is 11.6 Å². The first-order chi connectivity index (χ1) is 10.0. The summed E-state index contributed by atoms with van der Waals surface area (Å²) in [6, 6.07) is 1.51. The Kier molecular flexibility index (Phi) is 4.25. The number of hydrogen-bond acceptors (Lipinski definition) is 4. The number of ether oxygens (including phenoxy) is 3. The van der Waals surface area contributed by atoms with Crippen molar-refractivity contribution in [2.45, 2.75) is 31.1 Å². The second kappa shape index (κ2) is 5.79. The summed E-state index contributed by atoms with van der Waals surface area (Å²) in [6.45, 7) is 0. The Morgan fingerprint density at radius 1 is 1.14 bits per heavy atom. The van der Waals surface area contributed by atoms with Crippen LogP contribution in [0.2, 0.25) is 0 Å². The first-order valence-electron chi connectivity index (χ1n) is 6.74. The minimum atomic E-state index is -1.13. The van der Waals surface area contributed by atoms with Crippen molar-refractivity contribution in [1.82, 2.24) is 0 Å². The van der Waals surface area contributed by atoms with Gasteiger partial charge in [-0.2, -0.15) is 4.39 Å². The second-order valence-corrected chi connectivity index (χ2v) is 5.10. The first kappa shape index (κ1) is 15.4. The van der Waals surface area contributed by atoms with Gasteiger partial charge in [-0.15, -0.1) is 0 Å². The highest BCUT2D eigenvalue weighted by molar-refractivity contribution is 5.83. The van der Waals surface area contributed by atoms with Gasteiger partial charge in [-0.05, 0) is 18.9 Å². The molecule has 1 fully saturated rings. The fourth-order valence-corrected chi connectivity index (χ4v) is 3.07. The van der Waals surface area contributed by atoms with Crippen LogP contribution in [0.3, 0.4) is 0 Å². The summed E-state index contributed by atoms with van der Waals surface area (Å²) in [7, 11) is 4.02. The van der Waals surface area contributed by atoms with Crippen molar-refractivity contribution in [2.75, 3.05) is 21.3 Å². The van der Waals surface area contributed by atoms with Crippen LogP contribution in [0.25, 0.3) is 0 Å². The second-order valence-electron chi connectivity index (χ2n) is 5.10. The molecule has 0 radical (unpaired) electrons. The molecule has 1 aromatic carbocycles. The Labute approximate surface area is 122 Å². The Hall–Kier alpha value is -1.98. The number of methoxy groups -OCH3 is 3. The largest absolute Gasteiger partial charge is 0.493 e. The van der Waals surface area contributed by atoms with E-state index < -0.39 is 17.2 Å². The van der Waals surface area contributed by atoms with Crippen LogP contribution in [0.5, 0.6) is 17.2 Å². The fourth-order valence-electron chi connectivity index (χ4n) is 3.07. The Morgan fingerprint density at radius 2 is 1.71 bits per heavy atom. The number of rotatable bonds is 5. The van der Waals surface area contributed by atoms with Crippen molar-refractivity contribution in [1.29, 1.82) is 0 Å². The molecule has 0 heterocycles. The van der Waals surface area contributed by atoms with Gasteiger partial charge >= 0.3 is 5.97 Å². The first-order valence-corrected chi connectivity index (χ1v) is 6.74. The quantitative estimate of drug-likeness (QED) is 0.905. The zero-order chi connectivity index (χ0) is 15.6. The average molecular weight is 298 g/mol. The van der Waals surface area contributed by atoms with Gasteiger partial charge in [0.15, 0.2) is 11.5 Å². The van der Waals surface area contributed by atoms with Crippen LogP contribution in [0.4, 0.5) is 4.39 Å². The van der Waals surface area contributed by atoms with Crippen LogP contribution in [0.15, 0.2) is 6.07 Å². The summed E-state index contributed by atoms with van der Waals surface area (Å²) in [6.07, 6.45) is 2.47. The molecule has 5 nitrogen and oxygen atoms in total. The van der Waals surface area contributed by atoms with E-state index in [2.05, 4.69) is 0 Å². The SMILES string of the molecule is COc1cc(C2(C(=O)O)CCCC2)c(OC)c(F)c1OC. The minimum Gasteiger partial charge on any atom is -0.493 e. The molecule has 21 heavy (non-hydrogen) atoms. The summed E-state index contributed by atoms with van der Waals surface area (Å²) >= 11 is 0. The van der Waals surface area contributed by atoms with Gasteiger partial charge in [0.25, 0.3) is 0 Å². The van der Waals surface area contributed by atoms with Crippen molar-refractivity contribution in [3.05, 3.63) is 17.4 Å². The van der Waals surface area contributed by atoms with Crippen molar-refractivity contribution < 1.29 is 28.5 Å². The summed E-state index contributed by atoms with van der Waals surface area (Å²) in [5.74, 6) is -1.71. The molecule has 1 saturated carbocycles. The number of carboxylic acid groups (broad SMARTS) is 1. The number of aliphatic carboxylic acids is 1. The molecule has 1 aliphatic carbocycles. The van der Waals surface area contributed by atoms with E-state index in [1.165, 1.54) is 27.4 Å². The predicted octanol–water partition coefficient (Wildman–Crippen LogP) is 2.75. The third-order valence-corrected chi connectivity index (χ3v) is 4.15.